The van der Waals surface area contributed by atoms with Crippen molar-refractivity contribution in [1.82, 2.24) is 4.72 Å². The van der Waals surface area contributed by atoms with Crippen molar-refractivity contribution in [2.45, 2.75) is 43.5 Å². The molecule has 0 bridgehead atoms. The van der Waals surface area contributed by atoms with Crippen molar-refractivity contribution < 1.29 is 18.3 Å². The molecule has 6 nitrogen and oxygen atoms in total. The summed E-state index contributed by atoms with van der Waals surface area (Å²) in [6.45, 7) is 3.54. The fraction of sp³-hybridized carbons (Fsp3) is 0.500. The summed E-state index contributed by atoms with van der Waals surface area (Å²) in [5.74, 6) is -0.467. The maximum atomic E-state index is 12.3. The molecule has 1 amide bonds. The number of carbonyl (C=O) groups is 1. The minimum atomic E-state index is -3.62. The van der Waals surface area contributed by atoms with Gasteiger partial charge in [0.15, 0.2) is 0 Å². The van der Waals surface area contributed by atoms with Crippen LogP contribution < -0.4 is 10.0 Å². The molecule has 0 saturated heterocycles. The Labute approximate surface area is 124 Å². The molecule has 116 valence electrons. The number of fused-ring (bicyclic) bond motifs is 1. The van der Waals surface area contributed by atoms with Gasteiger partial charge in [0.25, 0.3) is 0 Å². The molecule has 2 rings (SSSR count). The van der Waals surface area contributed by atoms with Gasteiger partial charge in [0, 0.05) is 18.3 Å². The topological polar surface area (TPSA) is 95.5 Å². The van der Waals surface area contributed by atoms with E-state index >= 15 is 0 Å². The van der Waals surface area contributed by atoms with E-state index in [1.54, 1.807) is 26.0 Å². The van der Waals surface area contributed by atoms with Gasteiger partial charge in [-0.1, -0.05) is 0 Å². The summed E-state index contributed by atoms with van der Waals surface area (Å²) in [4.78, 5) is 11.7. The first-order valence-corrected chi connectivity index (χ1v) is 8.41. The number of aliphatic hydroxyl groups is 1. The van der Waals surface area contributed by atoms with Gasteiger partial charge in [-0.15, -0.1) is 0 Å². The van der Waals surface area contributed by atoms with Crippen LogP contribution in [0.1, 0.15) is 38.2 Å². The summed E-state index contributed by atoms with van der Waals surface area (Å²) in [7, 11) is -3.62. The number of hydrogen-bond donors (Lipinski definition) is 3. The predicted molar refractivity (Wildman–Crippen MR) is 79.6 cm³/mol. The lowest BCUT2D eigenvalue weighted by atomic mass is 10.0. The maximum Gasteiger partial charge on any atom is 0.240 e. The average molecular weight is 312 g/mol. The lowest BCUT2D eigenvalue weighted by Gasteiger charge is -2.14. The first kappa shape index (κ1) is 15.9. The number of amides is 1. The average Bonchev–Trinajstić information content (AvgIpc) is 2.71. The largest absolute Gasteiger partial charge is 0.396 e. The number of carbonyl (C=O) groups excluding carboxylic acids is 1. The highest BCUT2D eigenvalue weighted by molar-refractivity contribution is 7.89. The Bertz CT molecular complexity index is 642. The molecule has 2 atom stereocenters. The first-order valence-electron chi connectivity index (χ1n) is 6.93. The molecular weight excluding hydrogens is 292 g/mol. The third-order valence-corrected chi connectivity index (χ3v) is 5.19. The Morgan fingerprint density at radius 2 is 2.14 bits per heavy atom. The molecule has 0 spiro atoms. The van der Waals surface area contributed by atoms with Crippen molar-refractivity contribution in [2.75, 3.05) is 11.9 Å². The van der Waals surface area contributed by atoms with Crippen LogP contribution in [0.5, 0.6) is 0 Å². The minimum absolute atomic E-state index is 0.0379. The Morgan fingerprint density at radius 1 is 1.43 bits per heavy atom. The molecule has 0 saturated carbocycles. The van der Waals surface area contributed by atoms with Crippen molar-refractivity contribution in [3.63, 3.8) is 0 Å². The van der Waals surface area contributed by atoms with E-state index in [4.69, 9.17) is 5.11 Å². The molecule has 0 aliphatic carbocycles. The normalized spacial score (nSPS) is 19.2. The highest BCUT2D eigenvalue weighted by Gasteiger charge is 2.28. The summed E-state index contributed by atoms with van der Waals surface area (Å²) in [5.41, 5.74) is 1.37. The van der Waals surface area contributed by atoms with E-state index in [9.17, 15) is 13.2 Å². The van der Waals surface area contributed by atoms with Crippen LogP contribution in [0, 0.1) is 0 Å². The van der Waals surface area contributed by atoms with Gasteiger partial charge in [-0.3, -0.25) is 4.79 Å². The monoisotopic (exact) mass is 312 g/mol. The highest BCUT2D eigenvalue weighted by atomic mass is 32.2. The summed E-state index contributed by atoms with van der Waals surface area (Å²) in [6.07, 6.45) is 1.11. The second-order valence-corrected chi connectivity index (χ2v) is 7.06. The molecule has 2 unspecified atom stereocenters. The van der Waals surface area contributed by atoms with Crippen LogP contribution in [-0.4, -0.2) is 32.1 Å². The van der Waals surface area contributed by atoms with Crippen LogP contribution in [0.25, 0.3) is 0 Å². The molecule has 0 aromatic heterocycles. The van der Waals surface area contributed by atoms with Crippen LogP contribution in [0.2, 0.25) is 0 Å². The Kier molecular flexibility index (Phi) is 4.65. The summed E-state index contributed by atoms with van der Waals surface area (Å²) in [5, 5.41) is 11.5. The van der Waals surface area contributed by atoms with E-state index in [2.05, 4.69) is 10.0 Å². The highest BCUT2D eigenvalue weighted by Crippen LogP contribution is 2.33. The molecule has 3 N–H and O–H groups in total. The van der Waals surface area contributed by atoms with Crippen molar-refractivity contribution in [3.05, 3.63) is 23.8 Å². The molecule has 1 aliphatic heterocycles. The van der Waals surface area contributed by atoms with Gasteiger partial charge in [0.05, 0.1) is 10.8 Å². The molecule has 21 heavy (non-hydrogen) atoms. The fourth-order valence-electron chi connectivity index (χ4n) is 2.35. The van der Waals surface area contributed by atoms with Crippen LogP contribution in [0.4, 0.5) is 5.69 Å². The fourth-order valence-corrected chi connectivity index (χ4v) is 3.66. The first-order chi connectivity index (χ1) is 9.85. The number of rotatable bonds is 6. The summed E-state index contributed by atoms with van der Waals surface area (Å²) < 4.78 is 27.2. The smallest absolute Gasteiger partial charge is 0.240 e. The molecule has 1 heterocycles. The van der Waals surface area contributed by atoms with E-state index < -0.39 is 10.0 Å². The van der Waals surface area contributed by atoms with Gasteiger partial charge in [0.2, 0.25) is 15.9 Å². The lowest BCUT2D eigenvalue weighted by Crippen LogP contribution is -2.32. The van der Waals surface area contributed by atoms with E-state index in [-0.39, 0.29) is 29.4 Å². The number of sulfonamides is 1. The van der Waals surface area contributed by atoms with Gasteiger partial charge in [0.1, 0.15) is 0 Å². The van der Waals surface area contributed by atoms with Gasteiger partial charge < -0.3 is 10.4 Å². The number of hydrogen-bond acceptors (Lipinski definition) is 4. The van der Waals surface area contributed by atoms with Crippen molar-refractivity contribution in [1.29, 1.82) is 0 Å². The SMILES string of the molecule is CC(CCCO)NS(=O)(=O)c1ccc2c(c1)C(C)C(=O)N2. The van der Waals surface area contributed by atoms with Crippen LogP contribution in [0.15, 0.2) is 23.1 Å². The maximum absolute atomic E-state index is 12.3. The summed E-state index contributed by atoms with van der Waals surface area (Å²) in [6, 6.07) is 4.38. The summed E-state index contributed by atoms with van der Waals surface area (Å²) >= 11 is 0. The lowest BCUT2D eigenvalue weighted by molar-refractivity contribution is -0.116. The van der Waals surface area contributed by atoms with Crippen molar-refractivity contribution in [3.8, 4) is 0 Å². The molecule has 7 heteroatoms. The minimum Gasteiger partial charge on any atom is -0.396 e. The number of anilines is 1. The molecular formula is C14H20N2O4S. The van der Waals surface area contributed by atoms with E-state index in [0.29, 0.717) is 24.1 Å². The third kappa shape index (κ3) is 3.42. The Hall–Kier alpha value is -1.44. The molecule has 0 radical (unpaired) electrons. The van der Waals surface area contributed by atoms with Crippen LogP contribution in [-0.2, 0) is 14.8 Å². The Morgan fingerprint density at radius 3 is 2.81 bits per heavy atom. The van der Waals surface area contributed by atoms with Crippen molar-refractivity contribution in [2.24, 2.45) is 0 Å². The second-order valence-electron chi connectivity index (χ2n) is 5.35. The number of aliphatic hydroxyl groups excluding tert-OH is 1. The molecule has 1 aromatic carbocycles. The van der Waals surface area contributed by atoms with E-state index in [1.165, 1.54) is 6.07 Å². The van der Waals surface area contributed by atoms with Gasteiger partial charge in [-0.05, 0) is 50.5 Å². The van der Waals surface area contributed by atoms with Gasteiger partial charge in [-0.25, -0.2) is 13.1 Å². The standard InChI is InChI=1S/C14H20N2O4S/c1-9(4-3-7-17)16-21(19,20)11-5-6-13-12(8-11)10(2)14(18)15-13/h5-6,8-10,16-17H,3-4,7H2,1-2H3,(H,15,18). The van der Waals surface area contributed by atoms with E-state index in [0.717, 1.165) is 0 Å². The molecule has 1 aliphatic rings. The number of benzene rings is 1. The zero-order chi connectivity index (χ0) is 15.6. The van der Waals surface area contributed by atoms with Crippen molar-refractivity contribution >= 4 is 21.6 Å². The zero-order valence-electron chi connectivity index (χ0n) is 12.1. The van der Waals surface area contributed by atoms with E-state index in [1.807, 2.05) is 0 Å². The quantitative estimate of drug-likeness (QED) is 0.735. The van der Waals surface area contributed by atoms with Gasteiger partial charge in [-0.2, -0.15) is 0 Å². The second kappa shape index (κ2) is 6.13. The third-order valence-electron chi connectivity index (χ3n) is 3.60. The van der Waals surface area contributed by atoms with Crippen LogP contribution >= 0.6 is 0 Å². The molecule has 0 fully saturated rings. The predicted octanol–water partition coefficient (Wildman–Crippen LogP) is 1.18. The number of nitrogens with one attached hydrogen (secondary N) is 2. The zero-order valence-corrected chi connectivity index (χ0v) is 12.9. The van der Waals surface area contributed by atoms with Gasteiger partial charge >= 0.3 is 0 Å². The van der Waals surface area contributed by atoms with Crippen LogP contribution in [0.3, 0.4) is 0 Å². The Balaban J connectivity index is 2.20. The molecule has 1 aromatic rings.